The van der Waals surface area contributed by atoms with Crippen molar-refractivity contribution in [1.82, 2.24) is 0 Å². The fourth-order valence-corrected chi connectivity index (χ4v) is 5.08. The van der Waals surface area contributed by atoms with E-state index in [-0.39, 0.29) is 5.41 Å². The van der Waals surface area contributed by atoms with Gasteiger partial charge >= 0.3 is 0 Å². The number of aromatic nitrogens is 1. The summed E-state index contributed by atoms with van der Waals surface area (Å²) >= 11 is 1.66. The van der Waals surface area contributed by atoms with E-state index in [1.54, 1.807) is 11.3 Å². The molecule has 0 unspecified atom stereocenters. The second-order valence-electron chi connectivity index (χ2n) is 7.38. The van der Waals surface area contributed by atoms with E-state index >= 15 is 0 Å². The first kappa shape index (κ1) is 17.5. The van der Waals surface area contributed by atoms with Gasteiger partial charge in [-0.3, -0.25) is 0 Å². The van der Waals surface area contributed by atoms with Crippen molar-refractivity contribution < 1.29 is 4.57 Å². The third kappa shape index (κ3) is 2.67. The van der Waals surface area contributed by atoms with E-state index in [0.717, 1.165) is 10.5 Å². The molecule has 0 bridgehead atoms. The molecule has 0 radical (unpaired) electrons. The van der Waals surface area contributed by atoms with Crippen LogP contribution in [0.3, 0.4) is 0 Å². The monoisotopic (exact) mass is 372 g/mol. The molecule has 0 spiro atoms. The number of anilines is 1. The van der Waals surface area contributed by atoms with Crippen LogP contribution in [0, 0.1) is 11.3 Å². The van der Waals surface area contributed by atoms with Crippen LogP contribution in [0.15, 0.2) is 66.4 Å². The Morgan fingerprint density at radius 3 is 2.56 bits per heavy atom. The summed E-state index contributed by atoms with van der Waals surface area (Å²) in [5.74, 6) is 0. The summed E-state index contributed by atoms with van der Waals surface area (Å²) in [6.07, 6.45) is 4.06. The lowest BCUT2D eigenvalue weighted by Crippen LogP contribution is -2.30. The van der Waals surface area contributed by atoms with Crippen molar-refractivity contribution in [1.29, 1.82) is 5.26 Å². The van der Waals surface area contributed by atoms with Crippen molar-refractivity contribution in [2.45, 2.75) is 19.3 Å². The molecule has 4 rings (SSSR count). The van der Waals surface area contributed by atoms with Gasteiger partial charge in [0.1, 0.15) is 23.4 Å². The summed E-state index contributed by atoms with van der Waals surface area (Å²) in [4.78, 5) is 2.23. The van der Waals surface area contributed by atoms with Crippen LogP contribution in [0.25, 0.3) is 15.8 Å². The molecule has 134 valence electrons. The number of nitrogens with zero attached hydrogens (tertiary/aromatic N) is 3. The topological polar surface area (TPSA) is 30.9 Å². The molecule has 27 heavy (non-hydrogen) atoms. The van der Waals surface area contributed by atoms with E-state index in [1.807, 2.05) is 25.3 Å². The van der Waals surface area contributed by atoms with Gasteiger partial charge in [-0.25, -0.2) is 0 Å². The highest BCUT2D eigenvalue weighted by atomic mass is 32.1. The van der Waals surface area contributed by atoms with Crippen molar-refractivity contribution in [2.75, 3.05) is 11.9 Å². The Morgan fingerprint density at radius 1 is 1.15 bits per heavy atom. The van der Waals surface area contributed by atoms with E-state index in [4.69, 9.17) is 0 Å². The largest absolute Gasteiger partial charge is 0.347 e. The number of thiazole rings is 1. The van der Waals surface area contributed by atoms with Gasteiger partial charge in [0.15, 0.2) is 0 Å². The van der Waals surface area contributed by atoms with Crippen molar-refractivity contribution in [2.24, 2.45) is 7.05 Å². The second-order valence-corrected chi connectivity index (χ2v) is 8.41. The van der Waals surface area contributed by atoms with Crippen LogP contribution in [0.5, 0.6) is 0 Å². The summed E-state index contributed by atoms with van der Waals surface area (Å²) in [7, 11) is 4.12. The normalized spacial score (nSPS) is 17.4. The first-order chi connectivity index (χ1) is 12.9. The summed E-state index contributed by atoms with van der Waals surface area (Å²) in [5, 5.41) is 10.8. The van der Waals surface area contributed by atoms with Crippen molar-refractivity contribution in [3.8, 4) is 6.07 Å². The molecule has 0 amide bonds. The molecule has 0 saturated heterocycles. The van der Waals surface area contributed by atoms with Gasteiger partial charge in [-0.1, -0.05) is 55.5 Å². The number of benzene rings is 2. The molecule has 0 atom stereocenters. The molecule has 0 aliphatic carbocycles. The summed E-state index contributed by atoms with van der Waals surface area (Å²) < 4.78 is 3.29. The molecule has 3 nitrogen and oxygen atoms in total. The molecule has 3 aromatic rings. The highest BCUT2D eigenvalue weighted by Crippen LogP contribution is 2.46. The zero-order valence-corrected chi connectivity index (χ0v) is 16.8. The van der Waals surface area contributed by atoms with E-state index in [1.165, 1.54) is 21.6 Å². The van der Waals surface area contributed by atoms with Crippen LogP contribution in [-0.4, -0.2) is 7.05 Å². The van der Waals surface area contributed by atoms with Crippen LogP contribution in [0.2, 0.25) is 0 Å². The first-order valence-corrected chi connectivity index (χ1v) is 9.80. The first-order valence-electron chi connectivity index (χ1n) is 8.99. The average molecular weight is 373 g/mol. The Kier molecular flexibility index (Phi) is 4.13. The van der Waals surface area contributed by atoms with Crippen LogP contribution in [0.1, 0.15) is 24.4 Å². The van der Waals surface area contributed by atoms with Crippen LogP contribution in [-0.2, 0) is 12.5 Å². The highest BCUT2D eigenvalue weighted by molar-refractivity contribution is 7.19. The lowest BCUT2D eigenvalue weighted by atomic mass is 9.83. The predicted molar refractivity (Wildman–Crippen MR) is 113 cm³/mol. The molecule has 4 heteroatoms. The maximum Gasteiger partial charge on any atom is 0.280 e. The maximum absolute atomic E-state index is 9.80. The van der Waals surface area contributed by atoms with Crippen LogP contribution in [0.4, 0.5) is 5.69 Å². The third-order valence-corrected chi connectivity index (χ3v) is 6.69. The van der Waals surface area contributed by atoms with Gasteiger partial charge in [0.2, 0.25) is 5.52 Å². The van der Waals surface area contributed by atoms with Gasteiger partial charge in [-0.2, -0.15) is 9.83 Å². The molecule has 2 heterocycles. The van der Waals surface area contributed by atoms with Gasteiger partial charge in [0.05, 0.1) is 0 Å². The van der Waals surface area contributed by atoms with E-state index in [9.17, 15) is 5.26 Å². The lowest BCUT2D eigenvalue weighted by Gasteiger charge is -2.23. The molecule has 0 N–H and O–H groups in total. The number of allylic oxidation sites excluding steroid dienone is 4. The maximum atomic E-state index is 9.80. The van der Waals surface area contributed by atoms with Gasteiger partial charge in [-0.05, 0) is 29.8 Å². The minimum atomic E-state index is -0.0925. The fourth-order valence-electron chi connectivity index (χ4n) is 3.96. The summed E-state index contributed by atoms with van der Waals surface area (Å²) in [6, 6.07) is 19.2. The number of nitriles is 1. The molecule has 1 aromatic heterocycles. The van der Waals surface area contributed by atoms with E-state index in [0.29, 0.717) is 5.57 Å². The fraction of sp³-hybridized carbons (Fsp3) is 0.217. The van der Waals surface area contributed by atoms with E-state index < -0.39 is 0 Å². The molecule has 1 aliphatic rings. The molecular weight excluding hydrogens is 350 g/mol. The molecule has 0 saturated carbocycles. The zero-order valence-electron chi connectivity index (χ0n) is 16.0. The minimum Gasteiger partial charge on any atom is -0.347 e. The van der Waals surface area contributed by atoms with Crippen molar-refractivity contribution >= 4 is 32.8 Å². The van der Waals surface area contributed by atoms with Gasteiger partial charge in [0, 0.05) is 29.9 Å². The second kappa shape index (κ2) is 6.37. The predicted octanol–water partition coefficient (Wildman–Crippen LogP) is 4.94. The third-order valence-electron chi connectivity index (χ3n) is 5.44. The highest BCUT2D eigenvalue weighted by Gasteiger charge is 2.37. The standard InChI is InChI=1S/C23H22N3S/c1-23(2)17-9-5-6-10-18(17)25(3)21(23)14-13-16(15-24)22-26(4)19-11-7-8-12-20(19)27-22/h5-14H,1-4H3/q+1. The van der Waals surface area contributed by atoms with E-state index in [2.05, 4.69) is 78.9 Å². The number of hydrogen-bond donors (Lipinski definition) is 0. The molecular formula is C23H22N3S+. The SMILES string of the molecule is CN1/C(=C\C=C(/C#N)c2sc3ccccc3[n+]2C)C(C)(C)c2ccccc21. The Bertz CT molecular complexity index is 1140. The number of likely N-dealkylation sites (N-methyl/N-ethyl adjacent to an activating group) is 1. The molecule has 2 aromatic carbocycles. The minimum absolute atomic E-state index is 0.0925. The number of aryl methyl sites for hydroxylation is 1. The van der Waals surface area contributed by atoms with Gasteiger partial charge in [-0.15, -0.1) is 0 Å². The molecule has 1 aliphatic heterocycles. The van der Waals surface area contributed by atoms with Gasteiger partial charge < -0.3 is 4.90 Å². The van der Waals surface area contributed by atoms with Crippen molar-refractivity contribution in [3.05, 3.63) is 77.0 Å². The Hall–Kier alpha value is -2.90. The zero-order chi connectivity index (χ0) is 19.2. The summed E-state index contributed by atoms with van der Waals surface area (Å²) in [5.41, 5.74) is 5.49. The average Bonchev–Trinajstić information content (AvgIpc) is 3.10. The Labute approximate surface area is 164 Å². The van der Waals surface area contributed by atoms with Gasteiger partial charge in [0.25, 0.3) is 5.01 Å². The number of para-hydroxylation sites is 2. The van der Waals surface area contributed by atoms with Crippen molar-refractivity contribution in [3.63, 3.8) is 0 Å². The number of fused-ring (bicyclic) bond motifs is 2. The smallest absolute Gasteiger partial charge is 0.280 e. The molecule has 0 fully saturated rings. The number of rotatable bonds is 2. The quantitative estimate of drug-likeness (QED) is 0.471. The number of hydrogen-bond acceptors (Lipinski definition) is 3. The Morgan fingerprint density at radius 2 is 1.85 bits per heavy atom. The lowest BCUT2D eigenvalue weighted by molar-refractivity contribution is -0.642. The van der Waals surface area contributed by atoms with Crippen LogP contribution >= 0.6 is 11.3 Å². The Balaban J connectivity index is 1.80. The summed E-state index contributed by atoms with van der Waals surface area (Å²) in [6.45, 7) is 4.47. The van der Waals surface area contributed by atoms with Crippen LogP contribution < -0.4 is 9.47 Å².